The summed E-state index contributed by atoms with van der Waals surface area (Å²) in [6, 6.07) is 4.41. The topological polar surface area (TPSA) is 95.9 Å². The average Bonchev–Trinajstić information content (AvgIpc) is 2.37. The van der Waals surface area contributed by atoms with Crippen LogP contribution in [-0.4, -0.2) is 40.8 Å². The van der Waals surface area contributed by atoms with Gasteiger partial charge in [-0.3, -0.25) is 4.79 Å². The van der Waals surface area contributed by atoms with Crippen LogP contribution >= 0.6 is 0 Å². The Morgan fingerprint density at radius 2 is 2.00 bits per heavy atom. The molecule has 0 heterocycles. The minimum absolute atomic E-state index is 0.0177. The highest BCUT2D eigenvalue weighted by atomic mass is 16.5. The first-order valence-electron chi connectivity index (χ1n) is 6.71. The predicted octanol–water partition coefficient (Wildman–Crippen LogP) is 1.02. The number of ether oxygens (including phenoxy) is 1. The van der Waals surface area contributed by atoms with E-state index in [-0.39, 0.29) is 13.0 Å². The summed E-state index contributed by atoms with van der Waals surface area (Å²) in [6.07, 6.45) is -1.14. The van der Waals surface area contributed by atoms with E-state index in [0.29, 0.717) is 5.75 Å². The number of hydrogen-bond acceptors (Lipinski definition) is 4. The number of aryl methyl sites for hydroxylation is 2. The molecular formula is C15H21NO5. The van der Waals surface area contributed by atoms with Gasteiger partial charge in [0, 0.05) is 0 Å². The molecule has 0 aromatic heterocycles. The SMILES string of the molecule is Cc1ccc(OCCC(=O)NC(C(=O)O)C(C)O)c(C)c1. The molecule has 21 heavy (non-hydrogen) atoms. The minimum Gasteiger partial charge on any atom is -0.493 e. The summed E-state index contributed by atoms with van der Waals surface area (Å²) in [7, 11) is 0. The molecule has 0 saturated carbocycles. The predicted molar refractivity (Wildman–Crippen MR) is 77.3 cm³/mol. The van der Waals surface area contributed by atoms with Gasteiger partial charge in [0.1, 0.15) is 5.75 Å². The zero-order valence-electron chi connectivity index (χ0n) is 12.4. The second-order valence-corrected chi connectivity index (χ2v) is 4.99. The maximum Gasteiger partial charge on any atom is 0.328 e. The molecule has 1 amide bonds. The lowest BCUT2D eigenvalue weighted by atomic mass is 10.1. The van der Waals surface area contributed by atoms with Crippen molar-refractivity contribution in [1.29, 1.82) is 0 Å². The van der Waals surface area contributed by atoms with Crippen LogP contribution < -0.4 is 10.1 Å². The molecule has 0 fully saturated rings. The van der Waals surface area contributed by atoms with Crippen molar-refractivity contribution in [1.82, 2.24) is 5.32 Å². The number of benzene rings is 1. The molecule has 3 N–H and O–H groups in total. The van der Waals surface area contributed by atoms with Gasteiger partial charge >= 0.3 is 5.97 Å². The number of rotatable bonds is 7. The van der Waals surface area contributed by atoms with Crippen LogP contribution in [0.5, 0.6) is 5.75 Å². The molecular weight excluding hydrogens is 274 g/mol. The van der Waals surface area contributed by atoms with Gasteiger partial charge in [-0.25, -0.2) is 4.79 Å². The summed E-state index contributed by atoms with van der Waals surface area (Å²) in [4.78, 5) is 22.5. The molecule has 1 aromatic carbocycles. The van der Waals surface area contributed by atoms with E-state index in [1.54, 1.807) is 0 Å². The monoisotopic (exact) mass is 295 g/mol. The van der Waals surface area contributed by atoms with Gasteiger partial charge in [-0.15, -0.1) is 0 Å². The second-order valence-electron chi connectivity index (χ2n) is 4.99. The fourth-order valence-corrected chi connectivity index (χ4v) is 1.85. The first-order chi connectivity index (χ1) is 9.81. The summed E-state index contributed by atoms with van der Waals surface area (Å²) in [5.74, 6) is -1.06. The largest absolute Gasteiger partial charge is 0.493 e. The quantitative estimate of drug-likeness (QED) is 0.698. The van der Waals surface area contributed by atoms with Crippen LogP contribution in [0.15, 0.2) is 18.2 Å². The number of amides is 1. The van der Waals surface area contributed by atoms with Gasteiger partial charge < -0.3 is 20.3 Å². The molecule has 0 saturated heterocycles. The third kappa shape index (κ3) is 5.43. The first kappa shape index (κ1) is 17.0. The van der Waals surface area contributed by atoms with Gasteiger partial charge in [-0.1, -0.05) is 17.7 Å². The lowest BCUT2D eigenvalue weighted by Crippen LogP contribution is -2.47. The maximum absolute atomic E-state index is 11.6. The molecule has 116 valence electrons. The Balaban J connectivity index is 2.44. The van der Waals surface area contributed by atoms with E-state index in [9.17, 15) is 14.7 Å². The summed E-state index contributed by atoms with van der Waals surface area (Å²) in [6.45, 7) is 5.34. The molecule has 0 aliphatic rings. The van der Waals surface area contributed by atoms with Crippen LogP contribution in [0.25, 0.3) is 0 Å². The molecule has 0 aliphatic carbocycles. The lowest BCUT2D eigenvalue weighted by Gasteiger charge is -2.17. The number of hydrogen-bond donors (Lipinski definition) is 3. The Morgan fingerprint density at radius 3 is 2.52 bits per heavy atom. The average molecular weight is 295 g/mol. The molecule has 0 aliphatic heterocycles. The van der Waals surface area contributed by atoms with Crippen molar-refractivity contribution in [2.45, 2.75) is 39.3 Å². The minimum atomic E-state index is -1.31. The number of carboxylic acids is 1. The zero-order valence-corrected chi connectivity index (χ0v) is 12.4. The Labute approximate surface area is 123 Å². The summed E-state index contributed by atoms with van der Waals surface area (Å²) >= 11 is 0. The molecule has 2 unspecified atom stereocenters. The van der Waals surface area contributed by atoms with E-state index in [1.165, 1.54) is 6.92 Å². The van der Waals surface area contributed by atoms with Crippen LogP contribution in [0.4, 0.5) is 0 Å². The molecule has 6 heteroatoms. The molecule has 0 radical (unpaired) electrons. The van der Waals surface area contributed by atoms with Crippen LogP contribution in [-0.2, 0) is 9.59 Å². The van der Waals surface area contributed by atoms with Crippen molar-refractivity contribution >= 4 is 11.9 Å². The Hall–Kier alpha value is -2.08. The summed E-state index contributed by atoms with van der Waals surface area (Å²) in [5.41, 5.74) is 2.10. The van der Waals surface area contributed by atoms with Gasteiger partial charge in [0.05, 0.1) is 19.1 Å². The van der Waals surface area contributed by atoms with Gasteiger partial charge in [0.15, 0.2) is 6.04 Å². The molecule has 0 spiro atoms. The number of aliphatic carboxylic acids is 1. The fourth-order valence-electron chi connectivity index (χ4n) is 1.85. The Morgan fingerprint density at radius 1 is 1.33 bits per heavy atom. The highest BCUT2D eigenvalue weighted by Gasteiger charge is 2.24. The number of nitrogens with one attached hydrogen (secondary N) is 1. The van der Waals surface area contributed by atoms with Crippen molar-refractivity contribution in [3.63, 3.8) is 0 Å². The van der Waals surface area contributed by atoms with Crippen molar-refractivity contribution in [3.8, 4) is 5.75 Å². The summed E-state index contributed by atoms with van der Waals surface area (Å²) < 4.78 is 5.49. The number of carboxylic acid groups (broad SMARTS) is 1. The van der Waals surface area contributed by atoms with E-state index >= 15 is 0 Å². The van der Waals surface area contributed by atoms with E-state index in [1.807, 2.05) is 32.0 Å². The molecule has 0 bridgehead atoms. The molecule has 1 aromatic rings. The van der Waals surface area contributed by atoms with Gasteiger partial charge in [0.2, 0.25) is 5.91 Å². The zero-order chi connectivity index (χ0) is 16.0. The Kier molecular flexibility index (Phi) is 6.17. The van der Waals surface area contributed by atoms with Crippen LogP contribution in [0, 0.1) is 13.8 Å². The number of carbonyl (C=O) groups excluding carboxylic acids is 1. The van der Waals surface area contributed by atoms with Gasteiger partial charge in [0.25, 0.3) is 0 Å². The van der Waals surface area contributed by atoms with Crippen molar-refractivity contribution in [2.24, 2.45) is 0 Å². The summed E-state index contributed by atoms with van der Waals surface area (Å²) in [5, 5.41) is 20.4. The number of aliphatic hydroxyl groups is 1. The van der Waals surface area contributed by atoms with Crippen LogP contribution in [0.2, 0.25) is 0 Å². The van der Waals surface area contributed by atoms with Crippen LogP contribution in [0.1, 0.15) is 24.5 Å². The number of carbonyl (C=O) groups is 2. The van der Waals surface area contributed by atoms with Crippen molar-refractivity contribution in [3.05, 3.63) is 29.3 Å². The highest BCUT2D eigenvalue weighted by Crippen LogP contribution is 2.18. The standard InChI is InChI=1S/C15H21NO5/c1-9-4-5-12(10(2)8-9)21-7-6-13(18)16-14(11(3)17)15(19)20/h4-5,8,11,14,17H,6-7H2,1-3H3,(H,16,18)(H,19,20). The Bertz CT molecular complexity index is 513. The fraction of sp³-hybridized carbons (Fsp3) is 0.467. The molecule has 2 atom stereocenters. The van der Waals surface area contributed by atoms with Gasteiger partial charge in [-0.05, 0) is 32.4 Å². The number of aliphatic hydroxyl groups excluding tert-OH is 1. The third-order valence-corrected chi connectivity index (χ3v) is 2.98. The normalized spacial score (nSPS) is 13.3. The molecule has 6 nitrogen and oxygen atoms in total. The van der Waals surface area contributed by atoms with Crippen molar-refractivity contribution < 1.29 is 24.5 Å². The van der Waals surface area contributed by atoms with E-state index < -0.39 is 24.0 Å². The first-order valence-corrected chi connectivity index (χ1v) is 6.71. The smallest absolute Gasteiger partial charge is 0.328 e. The second kappa shape index (κ2) is 7.64. The van der Waals surface area contributed by atoms with Crippen molar-refractivity contribution in [2.75, 3.05) is 6.61 Å². The molecule has 1 rings (SSSR count). The van der Waals surface area contributed by atoms with Crippen LogP contribution in [0.3, 0.4) is 0 Å². The lowest BCUT2D eigenvalue weighted by molar-refractivity contribution is -0.144. The highest BCUT2D eigenvalue weighted by molar-refractivity contribution is 5.83. The van der Waals surface area contributed by atoms with E-state index in [4.69, 9.17) is 9.84 Å². The van der Waals surface area contributed by atoms with E-state index in [2.05, 4.69) is 5.32 Å². The maximum atomic E-state index is 11.6. The third-order valence-electron chi connectivity index (χ3n) is 2.98. The van der Waals surface area contributed by atoms with E-state index in [0.717, 1.165) is 11.1 Å². The van der Waals surface area contributed by atoms with Gasteiger partial charge in [-0.2, -0.15) is 0 Å².